The van der Waals surface area contributed by atoms with Gasteiger partial charge in [-0.1, -0.05) is 17.3 Å². The van der Waals surface area contributed by atoms with Crippen LogP contribution in [0.1, 0.15) is 5.56 Å². The lowest BCUT2D eigenvalue weighted by Crippen LogP contribution is -1.88. The highest BCUT2D eigenvalue weighted by atomic mass is 79.9. The summed E-state index contributed by atoms with van der Waals surface area (Å²) in [5.41, 5.74) is 0.252. The van der Waals surface area contributed by atoms with Crippen LogP contribution < -0.4 is 0 Å². The Hall–Kier alpha value is -0.900. The van der Waals surface area contributed by atoms with Crippen LogP contribution in [-0.4, -0.2) is 11.4 Å². The predicted molar refractivity (Wildman–Crippen MR) is 43.5 cm³/mol. The van der Waals surface area contributed by atoms with E-state index in [4.69, 9.17) is 5.21 Å². The summed E-state index contributed by atoms with van der Waals surface area (Å²) in [6, 6.07) is 4.74. The van der Waals surface area contributed by atoms with Crippen molar-refractivity contribution < 1.29 is 9.60 Å². The molecule has 1 N–H and O–H groups in total. The Balaban J connectivity index is 3.16. The molecule has 4 heteroatoms. The molecule has 0 aliphatic heterocycles. The molecule has 0 unspecified atom stereocenters. The van der Waals surface area contributed by atoms with Crippen molar-refractivity contribution in [2.75, 3.05) is 0 Å². The predicted octanol–water partition coefficient (Wildman–Crippen LogP) is 2.40. The Labute approximate surface area is 71.5 Å². The molecule has 0 atom stereocenters. The zero-order chi connectivity index (χ0) is 8.27. The first-order valence-electron chi connectivity index (χ1n) is 2.87. The third-order valence-electron chi connectivity index (χ3n) is 1.18. The maximum Gasteiger partial charge on any atom is 0.146 e. The lowest BCUT2D eigenvalue weighted by atomic mass is 10.2. The minimum Gasteiger partial charge on any atom is -0.411 e. The van der Waals surface area contributed by atoms with Crippen LogP contribution in [0.3, 0.4) is 0 Å². The quantitative estimate of drug-likeness (QED) is 0.438. The van der Waals surface area contributed by atoms with Crippen LogP contribution in [-0.2, 0) is 0 Å². The molecule has 0 spiro atoms. The van der Waals surface area contributed by atoms with Crippen LogP contribution in [0.25, 0.3) is 0 Å². The van der Waals surface area contributed by atoms with Crippen molar-refractivity contribution in [1.29, 1.82) is 0 Å². The second-order valence-corrected chi connectivity index (χ2v) is 2.74. The average Bonchev–Trinajstić information content (AvgIpc) is 1.99. The SMILES string of the molecule is O/N=C/c1cccc(Br)c1F. The van der Waals surface area contributed by atoms with Gasteiger partial charge in [-0.3, -0.25) is 0 Å². The topological polar surface area (TPSA) is 32.6 Å². The molecule has 0 radical (unpaired) electrons. The molecule has 0 fully saturated rings. The third kappa shape index (κ3) is 1.77. The lowest BCUT2D eigenvalue weighted by molar-refractivity contribution is 0.321. The molecule has 0 aliphatic rings. The minimum atomic E-state index is -0.426. The summed E-state index contributed by atoms with van der Waals surface area (Å²) in [6.45, 7) is 0. The number of nitrogens with zero attached hydrogens (tertiary/aromatic N) is 1. The summed E-state index contributed by atoms with van der Waals surface area (Å²) in [4.78, 5) is 0. The van der Waals surface area contributed by atoms with Gasteiger partial charge < -0.3 is 5.21 Å². The van der Waals surface area contributed by atoms with Crippen molar-refractivity contribution in [2.24, 2.45) is 5.16 Å². The normalized spacial score (nSPS) is 10.7. The van der Waals surface area contributed by atoms with E-state index in [1.54, 1.807) is 12.1 Å². The van der Waals surface area contributed by atoms with E-state index in [0.717, 1.165) is 6.21 Å². The van der Waals surface area contributed by atoms with Crippen LogP contribution in [0.4, 0.5) is 4.39 Å². The van der Waals surface area contributed by atoms with E-state index in [0.29, 0.717) is 4.47 Å². The Morgan fingerprint density at radius 2 is 2.27 bits per heavy atom. The molecule has 0 aromatic heterocycles. The first-order chi connectivity index (χ1) is 5.25. The standard InChI is InChI=1S/C7H5BrFNO/c8-6-3-1-2-5(4-10-11)7(6)9/h1-4,11H/b10-4+. The van der Waals surface area contributed by atoms with Crippen LogP contribution in [0, 0.1) is 5.82 Å². The molecule has 0 bridgehead atoms. The fourth-order valence-corrected chi connectivity index (χ4v) is 1.06. The van der Waals surface area contributed by atoms with Crippen LogP contribution in [0.15, 0.2) is 27.8 Å². The average molecular weight is 218 g/mol. The zero-order valence-corrected chi connectivity index (χ0v) is 7.05. The summed E-state index contributed by atoms with van der Waals surface area (Å²) in [5, 5.41) is 10.8. The Bertz CT molecular complexity index is 288. The Morgan fingerprint density at radius 1 is 1.55 bits per heavy atom. The summed E-state index contributed by atoms with van der Waals surface area (Å²) in [6.07, 6.45) is 1.04. The van der Waals surface area contributed by atoms with E-state index < -0.39 is 5.82 Å². The van der Waals surface area contributed by atoms with Crippen LogP contribution >= 0.6 is 15.9 Å². The molecular formula is C7H5BrFNO. The van der Waals surface area contributed by atoms with Crippen molar-refractivity contribution in [3.05, 3.63) is 34.1 Å². The van der Waals surface area contributed by atoms with Crippen molar-refractivity contribution in [1.82, 2.24) is 0 Å². The van der Waals surface area contributed by atoms with E-state index in [2.05, 4.69) is 21.1 Å². The van der Waals surface area contributed by atoms with Gasteiger partial charge in [0.05, 0.1) is 10.7 Å². The van der Waals surface area contributed by atoms with E-state index in [-0.39, 0.29) is 5.56 Å². The molecule has 1 aromatic rings. The van der Waals surface area contributed by atoms with E-state index >= 15 is 0 Å². The summed E-state index contributed by atoms with van der Waals surface area (Å²) in [7, 11) is 0. The summed E-state index contributed by atoms with van der Waals surface area (Å²) >= 11 is 3.00. The van der Waals surface area contributed by atoms with Gasteiger partial charge in [0.2, 0.25) is 0 Å². The second kappa shape index (κ2) is 3.48. The van der Waals surface area contributed by atoms with Gasteiger partial charge >= 0.3 is 0 Å². The first-order valence-corrected chi connectivity index (χ1v) is 3.66. The Morgan fingerprint density at radius 3 is 2.91 bits per heavy atom. The molecule has 0 saturated heterocycles. The minimum absolute atomic E-state index is 0.252. The fraction of sp³-hybridized carbons (Fsp3) is 0. The van der Waals surface area contributed by atoms with E-state index in [1.807, 2.05) is 0 Å². The van der Waals surface area contributed by atoms with Crippen molar-refractivity contribution >= 4 is 22.1 Å². The first kappa shape index (κ1) is 8.20. The van der Waals surface area contributed by atoms with Crippen molar-refractivity contribution in [3.63, 3.8) is 0 Å². The zero-order valence-electron chi connectivity index (χ0n) is 5.46. The lowest BCUT2D eigenvalue weighted by Gasteiger charge is -1.95. The highest BCUT2D eigenvalue weighted by Gasteiger charge is 2.02. The largest absolute Gasteiger partial charge is 0.411 e. The molecule has 1 aromatic carbocycles. The molecule has 0 saturated carbocycles. The number of hydrogen-bond donors (Lipinski definition) is 1. The number of halogens is 2. The summed E-state index contributed by atoms with van der Waals surface area (Å²) < 4.78 is 13.3. The van der Waals surface area contributed by atoms with Gasteiger partial charge in [0.25, 0.3) is 0 Å². The number of benzene rings is 1. The van der Waals surface area contributed by atoms with Gasteiger partial charge in [0, 0.05) is 5.56 Å². The summed E-state index contributed by atoms with van der Waals surface area (Å²) in [5.74, 6) is -0.426. The second-order valence-electron chi connectivity index (χ2n) is 1.89. The van der Waals surface area contributed by atoms with Gasteiger partial charge in [-0.05, 0) is 22.0 Å². The molecule has 0 amide bonds. The number of oxime groups is 1. The Kier molecular flexibility index (Phi) is 2.59. The van der Waals surface area contributed by atoms with Crippen LogP contribution in [0.2, 0.25) is 0 Å². The van der Waals surface area contributed by atoms with E-state index in [9.17, 15) is 4.39 Å². The van der Waals surface area contributed by atoms with Crippen molar-refractivity contribution in [2.45, 2.75) is 0 Å². The van der Waals surface area contributed by atoms with Crippen LogP contribution in [0.5, 0.6) is 0 Å². The molecule has 0 aliphatic carbocycles. The smallest absolute Gasteiger partial charge is 0.146 e. The molecule has 2 nitrogen and oxygen atoms in total. The molecule has 11 heavy (non-hydrogen) atoms. The van der Waals surface area contributed by atoms with Gasteiger partial charge in [-0.25, -0.2) is 4.39 Å². The molecule has 0 heterocycles. The third-order valence-corrected chi connectivity index (χ3v) is 1.79. The van der Waals surface area contributed by atoms with Gasteiger partial charge in [-0.2, -0.15) is 0 Å². The molecular weight excluding hydrogens is 213 g/mol. The molecule has 1 rings (SSSR count). The van der Waals surface area contributed by atoms with Gasteiger partial charge in [0.1, 0.15) is 5.82 Å². The monoisotopic (exact) mass is 217 g/mol. The molecule has 58 valence electrons. The highest BCUT2D eigenvalue weighted by Crippen LogP contribution is 2.16. The van der Waals surface area contributed by atoms with Gasteiger partial charge in [0.15, 0.2) is 0 Å². The fourth-order valence-electron chi connectivity index (χ4n) is 0.682. The maximum atomic E-state index is 12.9. The maximum absolute atomic E-state index is 12.9. The van der Waals surface area contributed by atoms with E-state index in [1.165, 1.54) is 6.07 Å². The highest BCUT2D eigenvalue weighted by molar-refractivity contribution is 9.10. The van der Waals surface area contributed by atoms with Crippen molar-refractivity contribution in [3.8, 4) is 0 Å². The number of rotatable bonds is 1. The number of hydrogen-bond acceptors (Lipinski definition) is 2. The van der Waals surface area contributed by atoms with Gasteiger partial charge in [-0.15, -0.1) is 0 Å².